The van der Waals surface area contributed by atoms with Gasteiger partial charge in [0.15, 0.2) is 6.10 Å². The summed E-state index contributed by atoms with van der Waals surface area (Å²) in [5, 5.41) is 5.61. The molecule has 7 nitrogen and oxygen atoms in total. The Morgan fingerprint density at radius 1 is 1.18 bits per heavy atom. The van der Waals surface area contributed by atoms with E-state index in [1.807, 2.05) is 43.9 Å². The Balaban J connectivity index is 0.00000136. The number of benzene rings is 1. The quantitative estimate of drug-likeness (QED) is 0.800. The lowest BCUT2D eigenvalue weighted by Crippen LogP contribution is -2.50. The number of nitrogens with zero attached hydrogens (tertiary/aromatic N) is 2. The van der Waals surface area contributed by atoms with E-state index in [2.05, 4.69) is 15.6 Å². The highest BCUT2D eigenvalue weighted by Crippen LogP contribution is 2.32. The number of hydrogen-bond acceptors (Lipinski definition) is 5. The molecule has 150 valence electrons. The van der Waals surface area contributed by atoms with Gasteiger partial charge in [0.25, 0.3) is 5.91 Å². The van der Waals surface area contributed by atoms with Crippen molar-refractivity contribution in [2.45, 2.75) is 33.3 Å². The number of ether oxygens (including phenoxy) is 1. The summed E-state index contributed by atoms with van der Waals surface area (Å²) >= 11 is 0. The van der Waals surface area contributed by atoms with Crippen LogP contribution in [0.5, 0.6) is 5.75 Å². The van der Waals surface area contributed by atoms with Crippen LogP contribution in [0.1, 0.15) is 27.2 Å². The summed E-state index contributed by atoms with van der Waals surface area (Å²) in [5.41, 5.74) is 0.795. The van der Waals surface area contributed by atoms with E-state index in [4.69, 9.17) is 4.74 Å². The minimum atomic E-state index is -0.654. The second-order valence-corrected chi connectivity index (χ2v) is 6.01. The van der Waals surface area contributed by atoms with Gasteiger partial charge >= 0.3 is 0 Å². The van der Waals surface area contributed by atoms with Crippen LogP contribution in [0.25, 0.3) is 0 Å². The maximum atomic E-state index is 12.4. The van der Waals surface area contributed by atoms with Gasteiger partial charge in [0.05, 0.1) is 18.8 Å². The molecule has 1 atom stereocenters. The third-order valence-corrected chi connectivity index (χ3v) is 3.97. The highest BCUT2D eigenvalue weighted by molar-refractivity contribution is 5.94. The molecule has 3 rings (SSSR count). The Kier molecular flexibility index (Phi) is 8.27. The number of nitrogens with one attached hydrogen (secondary N) is 2. The Hall–Kier alpha value is -3.09. The number of pyridine rings is 1. The van der Waals surface area contributed by atoms with Crippen molar-refractivity contribution in [3.8, 4) is 5.75 Å². The number of para-hydroxylation sites is 2. The summed E-state index contributed by atoms with van der Waals surface area (Å²) < 4.78 is 5.82. The molecule has 0 fully saturated rings. The number of aromatic nitrogens is 1. The summed E-state index contributed by atoms with van der Waals surface area (Å²) in [7, 11) is 0. The standard InChI is InChI=1S/C19H22N4O3.C2H6/c1-2-10-21-19(25)16-12-23(14-7-3-4-8-15(14)26-16)13-18(24)22-17-9-5-6-11-20-17;1-2/h3-9,11,16H,2,10,12-13H2,1H3,(H,21,25)(H,20,22,24);1-2H3. The zero-order chi connectivity index (χ0) is 20.4. The summed E-state index contributed by atoms with van der Waals surface area (Å²) in [6.45, 7) is 7.00. The summed E-state index contributed by atoms with van der Waals surface area (Å²) in [6.07, 6.45) is 1.82. The van der Waals surface area contributed by atoms with Crippen LogP contribution in [-0.4, -0.2) is 42.5 Å². The normalized spacial score (nSPS) is 14.7. The van der Waals surface area contributed by atoms with Gasteiger partial charge in [-0.05, 0) is 30.7 Å². The van der Waals surface area contributed by atoms with E-state index in [1.54, 1.807) is 30.5 Å². The summed E-state index contributed by atoms with van der Waals surface area (Å²) in [5.74, 6) is 0.724. The minimum Gasteiger partial charge on any atom is -0.477 e. The topological polar surface area (TPSA) is 83.6 Å². The predicted molar refractivity (Wildman–Crippen MR) is 111 cm³/mol. The second-order valence-electron chi connectivity index (χ2n) is 6.01. The van der Waals surface area contributed by atoms with Gasteiger partial charge in [-0.25, -0.2) is 4.98 Å². The molecule has 0 saturated heterocycles. The van der Waals surface area contributed by atoms with Gasteiger partial charge in [-0.3, -0.25) is 9.59 Å². The lowest BCUT2D eigenvalue weighted by Gasteiger charge is -2.35. The Bertz CT molecular complexity index is 767. The van der Waals surface area contributed by atoms with Gasteiger partial charge in [0, 0.05) is 12.7 Å². The average molecular weight is 384 g/mol. The average Bonchev–Trinajstić information content (AvgIpc) is 2.74. The molecular formula is C21H28N4O3. The van der Waals surface area contributed by atoms with Crippen molar-refractivity contribution in [1.29, 1.82) is 0 Å². The number of carbonyl (C=O) groups excluding carboxylic acids is 2. The monoisotopic (exact) mass is 384 g/mol. The molecule has 2 aromatic rings. The molecule has 1 aromatic heterocycles. The zero-order valence-electron chi connectivity index (χ0n) is 16.6. The number of carbonyl (C=O) groups is 2. The summed E-state index contributed by atoms with van der Waals surface area (Å²) in [4.78, 5) is 30.7. The van der Waals surface area contributed by atoms with Crippen LogP contribution in [0, 0.1) is 0 Å². The van der Waals surface area contributed by atoms with Gasteiger partial charge in [-0.2, -0.15) is 0 Å². The molecule has 0 bridgehead atoms. The highest BCUT2D eigenvalue weighted by atomic mass is 16.5. The van der Waals surface area contributed by atoms with Crippen molar-refractivity contribution in [3.05, 3.63) is 48.7 Å². The third kappa shape index (κ3) is 5.70. The van der Waals surface area contributed by atoms with Gasteiger partial charge in [-0.15, -0.1) is 0 Å². The SMILES string of the molecule is CC.CCCNC(=O)C1CN(CC(=O)Nc2ccccn2)c2ccccc2O1. The van der Waals surface area contributed by atoms with Gasteiger partial charge in [-0.1, -0.05) is 39.0 Å². The van der Waals surface area contributed by atoms with E-state index in [9.17, 15) is 9.59 Å². The van der Waals surface area contributed by atoms with Crippen molar-refractivity contribution in [1.82, 2.24) is 10.3 Å². The first-order valence-corrected chi connectivity index (χ1v) is 9.66. The minimum absolute atomic E-state index is 0.106. The second kappa shape index (κ2) is 10.9. The number of rotatable bonds is 6. The fourth-order valence-electron chi connectivity index (χ4n) is 2.75. The molecule has 7 heteroatoms. The van der Waals surface area contributed by atoms with Gasteiger partial charge in [0.2, 0.25) is 5.91 Å². The third-order valence-electron chi connectivity index (χ3n) is 3.97. The zero-order valence-corrected chi connectivity index (χ0v) is 16.6. The molecule has 2 heterocycles. The fourth-order valence-corrected chi connectivity index (χ4v) is 2.75. The number of fused-ring (bicyclic) bond motifs is 1. The van der Waals surface area contributed by atoms with Crippen molar-refractivity contribution >= 4 is 23.3 Å². The van der Waals surface area contributed by atoms with Crippen LogP contribution in [0.2, 0.25) is 0 Å². The predicted octanol–water partition coefficient (Wildman–Crippen LogP) is 2.84. The first-order valence-electron chi connectivity index (χ1n) is 9.66. The van der Waals surface area contributed by atoms with E-state index >= 15 is 0 Å². The smallest absolute Gasteiger partial charge is 0.262 e. The number of hydrogen-bond donors (Lipinski definition) is 2. The van der Waals surface area contributed by atoms with Gasteiger partial charge in [0.1, 0.15) is 11.6 Å². The molecular weight excluding hydrogens is 356 g/mol. The Morgan fingerprint density at radius 3 is 2.64 bits per heavy atom. The molecule has 0 aliphatic carbocycles. The lowest BCUT2D eigenvalue weighted by atomic mass is 10.1. The van der Waals surface area contributed by atoms with Crippen molar-refractivity contribution in [2.75, 3.05) is 29.9 Å². The van der Waals surface area contributed by atoms with Crippen LogP contribution in [0.3, 0.4) is 0 Å². The van der Waals surface area contributed by atoms with Crippen LogP contribution in [0.15, 0.2) is 48.7 Å². The number of anilines is 2. The molecule has 28 heavy (non-hydrogen) atoms. The van der Waals surface area contributed by atoms with E-state index in [1.165, 1.54) is 0 Å². The first-order chi connectivity index (χ1) is 13.7. The first kappa shape index (κ1) is 21.2. The van der Waals surface area contributed by atoms with Crippen molar-refractivity contribution < 1.29 is 14.3 Å². The molecule has 1 aliphatic heterocycles. The Morgan fingerprint density at radius 2 is 1.93 bits per heavy atom. The molecule has 0 radical (unpaired) electrons. The molecule has 1 aliphatic rings. The van der Waals surface area contributed by atoms with E-state index in [-0.39, 0.29) is 18.4 Å². The largest absolute Gasteiger partial charge is 0.477 e. The Labute approximate surface area is 166 Å². The van der Waals surface area contributed by atoms with Crippen LogP contribution in [0.4, 0.5) is 11.5 Å². The maximum Gasteiger partial charge on any atom is 0.262 e. The van der Waals surface area contributed by atoms with Crippen molar-refractivity contribution in [3.63, 3.8) is 0 Å². The van der Waals surface area contributed by atoms with E-state index in [0.29, 0.717) is 24.7 Å². The fraction of sp³-hybridized carbons (Fsp3) is 0.381. The molecule has 0 spiro atoms. The van der Waals surface area contributed by atoms with Crippen molar-refractivity contribution in [2.24, 2.45) is 0 Å². The van der Waals surface area contributed by atoms with Gasteiger partial charge < -0.3 is 20.3 Å². The summed E-state index contributed by atoms with van der Waals surface area (Å²) in [6, 6.07) is 12.7. The lowest BCUT2D eigenvalue weighted by molar-refractivity contribution is -0.128. The van der Waals surface area contributed by atoms with E-state index in [0.717, 1.165) is 12.1 Å². The molecule has 2 amide bonds. The van der Waals surface area contributed by atoms with E-state index < -0.39 is 6.10 Å². The molecule has 2 N–H and O–H groups in total. The van der Waals surface area contributed by atoms with Crippen LogP contribution in [-0.2, 0) is 9.59 Å². The molecule has 1 aromatic carbocycles. The van der Waals surface area contributed by atoms with Crippen LogP contribution >= 0.6 is 0 Å². The highest BCUT2D eigenvalue weighted by Gasteiger charge is 2.31. The van der Waals surface area contributed by atoms with Crippen LogP contribution < -0.4 is 20.3 Å². The molecule has 0 saturated carbocycles. The maximum absolute atomic E-state index is 12.4. The molecule has 1 unspecified atom stereocenters. The number of amides is 2.